The van der Waals surface area contributed by atoms with E-state index in [1.807, 2.05) is 30.3 Å². The molecule has 0 aromatic heterocycles. The first kappa shape index (κ1) is 12.1. The van der Waals surface area contributed by atoms with Crippen LogP contribution in [0.25, 0.3) is 0 Å². The standard InChI is InChI=1S/C14H13N3O/c15-9-12-6-7-13(10-16)17(12)14(18)8-11-4-2-1-3-5-11/h1-5,12-13H,6-8H2. The van der Waals surface area contributed by atoms with Gasteiger partial charge < -0.3 is 4.90 Å². The zero-order valence-corrected chi connectivity index (χ0v) is 9.91. The van der Waals surface area contributed by atoms with Gasteiger partial charge in [-0.05, 0) is 18.4 Å². The van der Waals surface area contributed by atoms with Gasteiger partial charge in [-0.25, -0.2) is 0 Å². The van der Waals surface area contributed by atoms with Gasteiger partial charge in [0.2, 0.25) is 5.91 Å². The molecule has 2 atom stereocenters. The lowest BCUT2D eigenvalue weighted by Crippen LogP contribution is -2.40. The third kappa shape index (κ3) is 2.33. The first-order valence-corrected chi connectivity index (χ1v) is 5.90. The summed E-state index contributed by atoms with van der Waals surface area (Å²) in [5, 5.41) is 18.0. The number of rotatable bonds is 2. The normalized spacial score (nSPS) is 22.2. The van der Waals surface area contributed by atoms with Crippen LogP contribution in [-0.4, -0.2) is 22.9 Å². The minimum Gasteiger partial charge on any atom is -0.310 e. The lowest BCUT2D eigenvalue weighted by molar-refractivity contribution is -0.131. The Bertz CT molecular complexity index is 490. The topological polar surface area (TPSA) is 67.9 Å². The summed E-state index contributed by atoms with van der Waals surface area (Å²) in [5.74, 6) is -0.142. The Balaban J connectivity index is 2.13. The first-order valence-electron chi connectivity index (χ1n) is 5.90. The van der Waals surface area contributed by atoms with Gasteiger partial charge >= 0.3 is 0 Å². The van der Waals surface area contributed by atoms with E-state index in [1.54, 1.807) is 0 Å². The van der Waals surface area contributed by atoms with E-state index in [-0.39, 0.29) is 12.3 Å². The van der Waals surface area contributed by atoms with Crippen LogP contribution in [0.5, 0.6) is 0 Å². The van der Waals surface area contributed by atoms with Crippen molar-refractivity contribution >= 4 is 5.91 Å². The van der Waals surface area contributed by atoms with Gasteiger partial charge in [-0.3, -0.25) is 4.79 Å². The van der Waals surface area contributed by atoms with E-state index < -0.39 is 12.1 Å². The largest absolute Gasteiger partial charge is 0.310 e. The first-order chi connectivity index (χ1) is 8.76. The van der Waals surface area contributed by atoms with E-state index in [0.717, 1.165) is 5.56 Å². The number of hydrogen-bond donors (Lipinski definition) is 0. The van der Waals surface area contributed by atoms with E-state index in [4.69, 9.17) is 10.5 Å². The van der Waals surface area contributed by atoms with Crippen molar-refractivity contribution in [1.82, 2.24) is 4.90 Å². The molecular weight excluding hydrogens is 226 g/mol. The lowest BCUT2D eigenvalue weighted by atomic mass is 10.1. The van der Waals surface area contributed by atoms with Gasteiger partial charge in [-0.1, -0.05) is 30.3 Å². The predicted molar refractivity (Wildman–Crippen MR) is 65.0 cm³/mol. The van der Waals surface area contributed by atoms with Gasteiger partial charge in [0.15, 0.2) is 0 Å². The van der Waals surface area contributed by atoms with Crippen LogP contribution < -0.4 is 0 Å². The molecule has 18 heavy (non-hydrogen) atoms. The molecule has 90 valence electrons. The number of amides is 1. The van der Waals surface area contributed by atoms with Crippen molar-refractivity contribution in [3.63, 3.8) is 0 Å². The molecule has 2 unspecified atom stereocenters. The van der Waals surface area contributed by atoms with Crippen LogP contribution in [0, 0.1) is 22.7 Å². The molecule has 1 aromatic carbocycles. The number of benzene rings is 1. The molecule has 0 radical (unpaired) electrons. The van der Waals surface area contributed by atoms with E-state index in [9.17, 15) is 4.79 Å². The smallest absolute Gasteiger partial charge is 0.229 e. The van der Waals surface area contributed by atoms with E-state index >= 15 is 0 Å². The zero-order chi connectivity index (χ0) is 13.0. The quantitative estimate of drug-likeness (QED) is 0.787. The Kier molecular flexibility index (Phi) is 3.60. The Morgan fingerprint density at radius 1 is 1.17 bits per heavy atom. The Morgan fingerprint density at radius 3 is 2.22 bits per heavy atom. The maximum absolute atomic E-state index is 12.2. The SMILES string of the molecule is N#CC1CCC(C#N)N1C(=O)Cc1ccccc1. The number of likely N-dealkylation sites (tertiary alicyclic amines) is 1. The van der Waals surface area contributed by atoms with Crippen LogP contribution in [0.4, 0.5) is 0 Å². The Labute approximate surface area is 106 Å². The summed E-state index contributed by atoms with van der Waals surface area (Å²) in [7, 11) is 0. The fourth-order valence-corrected chi connectivity index (χ4v) is 2.27. The molecule has 1 aromatic rings. The predicted octanol–water partition coefficient (Wildman–Crippen LogP) is 1.64. The fourth-order valence-electron chi connectivity index (χ4n) is 2.27. The lowest BCUT2D eigenvalue weighted by Gasteiger charge is -2.22. The summed E-state index contributed by atoms with van der Waals surface area (Å²) in [6.07, 6.45) is 1.43. The summed E-state index contributed by atoms with van der Waals surface area (Å²) in [6.45, 7) is 0. The van der Waals surface area contributed by atoms with Gasteiger partial charge in [0.05, 0.1) is 18.6 Å². The fraction of sp³-hybridized carbons (Fsp3) is 0.357. The summed E-state index contributed by atoms with van der Waals surface area (Å²) < 4.78 is 0. The molecule has 2 rings (SSSR count). The average molecular weight is 239 g/mol. The van der Waals surface area contributed by atoms with Crippen LogP contribution >= 0.6 is 0 Å². The van der Waals surface area contributed by atoms with Gasteiger partial charge in [-0.2, -0.15) is 10.5 Å². The molecule has 1 heterocycles. The molecule has 4 heteroatoms. The number of carbonyl (C=O) groups is 1. The minimum atomic E-state index is -0.453. The van der Waals surface area contributed by atoms with Crippen LogP contribution in [0.2, 0.25) is 0 Å². The Hall–Kier alpha value is -2.33. The molecule has 0 bridgehead atoms. The monoisotopic (exact) mass is 239 g/mol. The Morgan fingerprint density at radius 2 is 1.72 bits per heavy atom. The van der Waals surface area contributed by atoms with Crippen molar-refractivity contribution in [2.75, 3.05) is 0 Å². The minimum absolute atomic E-state index is 0.142. The summed E-state index contributed by atoms with van der Waals surface area (Å²) in [5.41, 5.74) is 0.905. The molecule has 0 spiro atoms. The number of carbonyl (C=O) groups excluding carboxylic acids is 1. The maximum Gasteiger partial charge on any atom is 0.229 e. The second kappa shape index (κ2) is 5.33. The second-order valence-corrected chi connectivity index (χ2v) is 4.33. The molecule has 1 amide bonds. The average Bonchev–Trinajstić information content (AvgIpc) is 2.82. The van der Waals surface area contributed by atoms with Crippen LogP contribution in [0.3, 0.4) is 0 Å². The van der Waals surface area contributed by atoms with Crippen molar-refractivity contribution in [2.24, 2.45) is 0 Å². The molecule has 0 aliphatic carbocycles. The highest BCUT2D eigenvalue weighted by atomic mass is 16.2. The van der Waals surface area contributed by atoms with Crippen LogP contribution in [0.15, 0.2) is 30.3 Å². The zero-order valence-electron chi connectivity index (χ0n) is 9.91. The third-order valence-corrected chi connectivity index (χ3v) is 3.17. The van der Waals surface area contributed by atoms with Crippen molar-refractivity contribution < 1.29 is 4.79 Å². The van der Waals surface area contributed by atoms with Crippen molar-refractivity contribution in [2.45, 2.75) is 31.3 Å². The van der Waals surface area contributed by atoms with E-state index in [1.165, 1.54) is 4.90 Å². The van der Waals surface area contributed by atoms with Crippen molar-refractivity contribution in [3.05, 3.63) is 35.9 Å². The van der Waals surface area contributed by atoms with Crippen molar-refractivity contribution in [3.8, 4) is 12.1 Å². The molecular formula is C14H13N3O. The molecule has 0 saturated carbocycles. The number of hydrogen-bond acceptors (Lipinski definition) is 3. The molecule has 4 nitrogen and oxygen atoms in total. The maximum atomic E-state index is 12.2. The molecule has 1 saturated heterocycles. The highest BCUT2D eigenvalue weighted by Gasteiger charge is 2.36. The van der Waals surface area contributed by atoms with E-state index in [2.05, 4.69) is 12.1 Å². The molecule has 1 aliphatic rings. The van der Waals surface area contributed by atoms with E-state index in [0.29, 0.717) is 12.8 Å². The van der Waals surface area contributed by atoms with Gasteiger partial charge in [0.25, 0.3) is 0 Å². The number of nitrogens with zero attached hydrogens (tertiary/aromatic N) is 3. The highest BCUT2D eigenvalue weighted by molar-refractivity contribution is 5.80. The molecule has 1 fully saturated rings. The highest BCUT2D eigenvalue weighted by Crippen LogP contribution is 2.24. The summed E-state index contributed by atoms with van der Waals surface area (Å²) in [6, 6.07) is 12.7. The van der Waals surface area contributed by atoms with Gasteiger partial charge in [0, 0.05) is 0 Å². The van der Waals surface area contributed by atoms with Crippen LogP contribution in [-0.2, 0) is 11.2 Å². The third-order valence-electron chi connectivity index (χ3n) is 3.17. The van der Waals surface area contributed by atoms with Gasteiger partial charge in [0.1, 0.15) is 12.1 Å². The molecule has 0 N–H and O–H groups in total. The van der Waals surface area contributed by atoms with Crippen molar-refractivity contribution in [1.29, 1.82) is 10.5 Å². The van der Waals surface area contributed by atoms with Gasteiger partial charge in [-0.15, -0.1) is 0 Å². The molecule has 1 aliphatic heterocycles. The second-order valence-electron chi connectivity index (χ2n) is 4.33. The summed E-state index contributed by atoms with van der Waals surface area (Å²) in [4.78, 5) is 13.6. The summed E-state index contributed by atoms with van der Waals surface area (Å²) >= 11 is 0. The number of nitriles is 2. The van der Waals surface area contributed by atoms with Crippen LogP contribution in [0.1, 0.15) is 18.4 Å².